The average molecular weight is 251 g/mol. The van der Waals surface area contributed by atoms with Crippen LogP contribution in [0.15, 0.2) is 10.6 Å². The minimum atomic E-state index is -0.462. The van der Waals surface area contributed by atoms with Crippen molar-refractivity contribution in [3.63, 3.8) is 0 Å². The zero-order valence-electron chi connectivity index (χ0n) is 9.43. The molecule has 1 saturated carbocycles. The lowest BCUT2D eigenvalue weighted by Gasteiger charge is -2.14. The second-order valence-corrected chi connectivity index (χ2v) is 5.48. The lowest BCUT2D eigenvalue weighted by molar-refractivity contribution is -0.149. The van der Waals surface area contributed by atoms with Gasteiger partial charge in [0, 0.05) is 5.92 Å². The van der Waals surface area contributed by atoms with Gasteiger partial charge in [-0.05, 0) is 17.9 Å². The number of esters is 1. The summed E-state index contributed by atoms with van der Waals surface area (Å²) in [4.78, 5) is 11.8. The summed E-state index contributed by atoms with van der Waals surface area (Å²) in [6, 6.07) is 0. The Morgan fingerprint density at radius 2 is 2.00 bits per heavy atom. The van der Waals surface area contributed by atoms with E-state index in [2.05, 4.69) is 0 Å². The van der Waals surface area contributed by atoms with Gasteiger partial charge in [0.15, 0.2) is 0 Å². The molecule has 0 aromatic carbocycles. The van der Waals surface area contributed by atoms with Crippen molar-refractivity contribution >= 4 is 29.2 Å². The summed E-state index contributed by atoms with van der Waals surface area (Å²) in [5, 5.41) is 0. The number of hydrogen-bond acceptors (Lipinski definition) is 2. The molecular weight excluding hydrogens is 235 g/mol. The van der Waals surface area contributed by atoms with Crippen molar-refractivity contribution in [2.24, 2.45) is 16.7 Å². The van der Waals surface area contributed by atoms with Gasteiger partial charge in [-0.25, -0.2) is 0 Å². The van der Waals surface area contributed by atoms with Gasteiger partial charge in [0.1, 0.15) is 4.49 Å². The molecule has 0 bridgehead atoms. The van der Waals surface area contributed by atoms with E-state index in [1.807, 2.05) is 20.8 Å². The predicted octanol–water partition coefficient (Wildman–Crippen LogP) is 3.53. The van der Waals surface area contributed by atoms with Crippen molar-refractivity contribution in [1.29, 1.82) is 0 Å². The first kappa shape index (κ1) is 12.9. The second-order valence-electron chi connectivity index (χ2n) is 4.47. The summed E-state index contributed by atoms with van der Waals surface area (Å²) in [5.41, 5.74) is -0.597. The second kappa shape index (κ2) is 3.99. The fourth-order valence-corrected chi connectivity index (χ4v) is 3.02. The summed E-state index contributed by atoms with van der Waals surface area (Å²) >= 11 is 11.3. The maximum Gasteiger partial charge on any atom is 0.312 e. The number of halogens is 2. The van der Waals surface area contributed by atoms with Gasteiger partial charge in [0.05, 0.1) is 12.5 Å². The molecule has 1 aliphatic carbocycles. The first-order valence-electron chi connectivity index (χ1n) is 4.95. The highest BCUT2D eigenvalue weighted by atomic mass is 35.5. The Morgan fingerprint density at radius 3 is 2.33 bits per heavy atom. The molecule has 2 nitrogen and oxygen atoms in total. The Labute approximate surface area is 101 Å². The molecule has 86 valence electrons. The lowest BCUT2D eigenvalue weighted by atomic mass is 9.93. The van der Waals surface area contributed by atoms with Gasteiger partial charge in [-0.2, -0.15) is 0 Å². The molecule has 0 heterocycles. The molecule has 0 aromatic heterocycles. The number of carbonyl (C=O) groups excluding carboxylic acids is 1. The normalized spacial score (nSPS) is 32.0. The molecule has 0 radical (unpaired) electrons. The van der Waals surface area contributed by atoms with Gasteiger partial charge in [-0.3, -0.25) is 4.79 Å². The standard InChI is InChI=1S/C11H16Cl2O2/c1-5-11(9(14)15-4)7(6-8(12)13)10(11,2)3/h6-7H,5H2,1-4H3. The average Bonchev–Trinajstić information content (AvgIpc) is 2.62. The van der Waals surface area contributed by atoms with E-state index in [-0.39, 0.29) is 21.8 Å². The van der Waals surface area contributed by atoms with Gasteiger partial charge < -0.3 is 4.74 Å². The first-order valence-corrected chi connectivity index (χ1v) is 5.71. The summed E-state index contributed by atoms with van der Waals surface area (Å²) in [7, 11) is 1.41. The third-order valence-electron chi connectivity index (χ3n) is 3.77. The highest BCUT2D eigenvalue weighted by molar-refractivity contribution is 6.55. The van der Waals surface area contributed by atoms with Crippen LogP contribution in [-0.2, 0) is 9.53 Å². The Morgan fingerprint density at radius 1 is 1.47 bits per heavy atom. The Kier molecular flexibility index (Phi) is 3.42. The summed E-state index contributed by atoms with van der Waals surface area (Å²) < 4.78 is 5.08. The summed E-state index contributed by atoms with van der Waals surface area (Å²) in [5.74, 6) is -0.113. The van der Waals surface area contributed by atoms with Crippen LogP contribution in [0.5, 0.6) is 0 Å². The third kappa shape index (κ3) is 1.68. The van der Waals surface area contributed by atoms with Crippen LogP contribution in [0, 0.1) is 16.7 Å². The molecule has 0 N–H and O–H groups in total. The SMILES string of the molecule is CCC1(C(=O)OC)C(C=C(Cl)Cl)C1(C)C. The molecule has 0 saturated heterocycles. The van der Waals surface area contributed by atoms with E-state index in [9.17, 15) is 4.79 Å². The van der Waals surface area contributed by atoms with Crippen molar-refractivity contribution in [2.45, 2.75) is 27.2 Å². The van der Waals surface area contributed by atoms with Crippen molar-refractivity contribution in [1.82, 2.24) is 0 Å². The first-order chi connectivity index (χ1) is 6.84. The Balaban J connectivity index is 3.04. The molecule has 15 heavy (non-hydrogen) atoms. The summed E-state index contributed by atoms with van der Waals surface area (Å²) in [6.07, 6.45) is 2.47. The van der Waals surface area contributed by atoms with Gasteiger partial charge in [0.2, 0.25) is 0 Å². The molecule has 1 aliphatic rings. The van der Waals surface area contributed by atoms with Crippen LogP contribution in [0.2, 0.25) is 0 Å². The lowest BCUT2D eigenvalue weighted by Crippen LogP contribution is -2.22. The van der Waals surface area contributed by atoms with Gasteiger partial charge in [-0.15, -0.1) is 0 Å². The quantitative estimate of drug-likeness (QED) is 0.717. The molecule has 4 heteroatoms. The molecule has 0 spiro atoms. The van der Waals surface area contributed by atoms with Crippen LogP contribution in [0.4, 0.5) is 0 Å². The fourth-order valence-electron chi connectivity index (χ4n) is 2.76. The maximum atomic E-state index is 11.8. The van der Waals surface area contributed by atoms with E-state index in [0.717, 1.165) is 6.42 Å². The zero-order chi connectivity index (χ0) is 11.9. The minimum Gasteiger partial charge on any atom is -0.469 e. The van der Waals surface area contributed by atoms with E-state index in [4.69, 9.17) is 27.9 Å². The topological polar surface area (TPSA) is 26.3 Å². The Bertz CT molecular complexity index is 306. The molecule has 2 atom stereocenters. The van der Waals surface area contributed by atoms with Crippen LogP contribution < -0.4 is 0 Å². The van der Waals surface area contributed by atoms with Gasteiger partial charge >= 0.3 is 5.97 Å². The largest absolute Gasteiger partial charge is 0.469 e. The van der Waals surface area contributed by atoms with Gasteiger partial charge in [0.25, 0.3) is 0 Å². The number of hydrogen-bond donors (Lipinski definition) is 0. The van der Waals surface area contributed by atoms with Crippen molar-refractivity contribution in [3.05, 3.63) is 10.6 Å². The number of methoxy groups -OCH3 is 1. The summed E-state index contributed by atoms with van der Waals surface area (Å²) in [6.45, 7) is 6.05. The van der Waals surface area contributed by atoms with E-state index in [1.54, 1.807) is 6.08 Å². The molecule has 2 unspecified atom stereocenters. The minimum absolute atomic E-state index is 0.0625. The van der Waals surface area contributed by atoms with E-state index in [0.29, 0.717) is 0 Å². The van der Waals surface area contributed by atoms with Crippen LogP contribution in [-0.4, -0.2) is 13.1 Å². The van der Waals surface area contributed by atoms with E-state index < -0.39 is 5.41 Å². The highest BCUT2D eigenvalue weighted by Crippen LogP contribution is 2.72. The van der Waals surface area contributed by atoms with Crippen LogP contribution in [0.3, 0.4) is 0 Å². The Hall–Kier alpha value is -0.210. The molecule has 1 rings (SSSR count). The van der Waals surface area contributed by atoms with Crippen LogP contribution in [0.1, 0.15) is 27.2 Å². The van der Waals surface area contributed by atoms with Crippen molar-refractivity contribution < 1.29 is 9.53 Å². The molecule has 0 amide bonds. The monoisotopic (exact) mass is 250 g/mol. The number of allylic oxidation sites excluding steroid dienone is 1. The van der Waals surface area contributed by atoms with Crippen molar-refractivity contribution in [3.8, 4) is 0 Å². The molecule has 0 aromatic rings. The maximum absolute atomic E-state index is 11.8. The smallest absolute Gasteiger partial charge is 0.312 e. The molecular formula is C11H16Cl2O2. The fraction of sp³-hybridized carbons (Fsp3) is 0.727. The van der Waals surface area contributed by atoms with E-state index >= 15 is 0 Å². The molecule has 0 aliphatic heterocycles. The van der Waals surface area contributed by atoms with Crippen LogP contribution in [0.25, 0.3) is 0 Å². The predicted molar refractivity (Wildman–Crippen MR) is 61.8 cm³/mol. The number of carbonyl (C=O) groups is 1. The molecule has 1 fully saturated rings. The van der Waals surface area contributed by atoms with E-state index in [1.165, 1.54) is 7.11 Å². The number of ether oxygens (including phenoxy) is 1. The highest BCUT2D eigenvalue weighted by Gasteiger charge is 2.74. The zero-order valence-corrected chi connectivity index (χ0v) is 10.9. The number of rotatable bonds is 3. The van der Waals surface area contributed by atoms with Crippen LogP contribution >= 0.6 is 23.2 Å². The van der Waals surface area contributed by atoms with Crippen molar-refractivity contribution in [2.75, 3.05) is 7.11 Å². The van der Waals surface area contributed by atoms with Gasteiger partial charge in [-0.1, -0.05) is 44.0 Å². The third-order valence-corrected chi connectivity index (χ3v) is 4.03.